The van der Waals surface area contributed by atoms with Gasteiger partial charge in [0.1, 0.15) is 11.5 Å². The number of nitrogens with zero attached hydrogens (tertiary/aromatic N) is 2. The molecule has 4 heteroatoms. The fraction of sp³-hybridized carbons (Fsp3) is 0.0909. The van der Waals surface area contributed by atoms with Crippen LogP contribution in [0.15, 0.2) is 34.9 Å². The minimum Gasteiger partial charge on any atom is -0.325 e. The van der Waals surface area contributed by atoms with Gasteiger partial charge in [0.25, 0.3) is 0 Å². The molecule has 76 valence electrons. The second-order valence-corrected chi connectivity index (χ2v) is 4.11. The van der Waals surface area contributed by atoms with Crippen molar-refractivity contribution < 1.29 is 4.79 Å². The quantitative estimate of drug-likeness (QED) is 0.782. The van der Waals surface area contributed by atoms with Crippen molar-refractivity contribution in [1.29, 1.82) is 0 Å². The van der Waals surface area contributed by atoms with Gasteiger partial charge in [-0.25, -0.2) is 4.98 Å². The average Bonchev–Trinajstić information content (AvgIpc) is 2.59. The van der Waals surface area contributed by atoms with E-state index in [4.69, 9.17) is 0 Å². The van der Waals surface area contributed by atoms with Crippen molar-refractivity contribution in [3.05, 3.63) is 40.6 Å². The van der Waals surface area contributed by atoms with Gasteiger partial charge in [0.15, 0.2) is 6.29 Å². The van der Waals surface area contributed by atoms with Crippen LogP contribution < -0.4 is 0 Å². The third-order valence-corrected chi connectivity index (χ3v) is 2.72. The van der Waals surface area contributed by atoms with E-state index in [1.165, 1.54) is 0 Å². The van der Waals surface area contributed by atoms with E-state index in [2.05, 4.69) is 20.9 Å². The molecule has 2 aromatic rings. The van der Waals surface area contributed by atoms with E-state index in [9.17, 15) is 4.79 Å². The van der Waals surface area contributed by atoms with Crippen molar-refractivity contribution in [2.24, 2.45) is 7.05 Å². The topological polar surface area (TPSA) is 34.9 Å². The Bertz CT molecular complexity index is 505. The molecule has 0 aliphatic rings. The second kappa shape index (κ2) is 3.98. The molecule has 1 heterocycles. The molecule has 0 saturated heterocycles. The summed E-state index contributed by atoms with van der Waals surface area (Å²) in [6.07, 6.45) is 2.37. The zero-order valence-electron chi connectivity index (χ0n) is 8.14. The van der Waals surface area contributed by atoms with Gasteiger partial charge in [-0.1, -0.05) is 28.1 Å². The third-order valence-electron chi connectivity index (χ3n) is 2.23. The number of carbonyl (C=O) groups excluding carboxylic acids is 1. The van der Waals surface area contributed by atoms with Crippen molar-refractivity contribution in [3.63, 3.8) is 0 Å². The van der Waals surface area contributed by atoms with Gasteiger partial charge >= 0.3 is 0 Å². The van der Waals surface area contributed by atoms with Crippen LogP contribution in [-0.4, -0.2) is 15.8 Å². The Morgan fingerprint density at radius 2 is 2.27 bits per heavy atom. The van der Waals surface area contributed by atoms with Crippen LogP contribution >= 0.6 is 15.9 Å². The lowest BCUT2D eigenvalue weighted by molar-refractivity contribution is 0.111. The highest BCUT2D eigenvalue weighted by Crippen LogP contribution is 2.21. The Hall–Kier alpha value is -1.42. The standard InChI is InChI=1S/C11H9BrN2O/c1-14-10(7-15)6-13-11(14)8-3-2-4-9(12)5-8/h2-7H,1H3. The van der Waals surface area contributed by atoms with Crippen molar-refractivity contribution in [1.82, 2.24) is 9.55 Å². The highest BCUT2D eigenvalue weighted by Gasteiger charge is 2.07. The molecule has 0 bridgehead atoms. The predicted molar refractivity (Wildman–Crippen MR) is 61.7 cm³/mol. The summed E-state index contributed by atoms with van der Waals surface area (Å²) in [4.78, 5) is 14.9. The minimum absolute atomic E-state index is 0.574. The molecule has 1 aromatic carbocycles. The van der Waals surface area contributed by atoms with E-state index in [0.717, 1.165) is 22.1 Å². The minimum atomic E-state index is 0.574. The van der Waals surface area contributed by atoms with E-state index >= 15 is 0 Å². The Morgan fingerprint density at radius 3 is 2.87 bits per heavy atom. The van der Waals surface area contributed by atoms with Gasteiger partial charge in [-0.2, -0.15) is 0 Å². The van der Waals surface area contributed by atoms with Crippen molar-refractivity contribution in [2.75, 3.05) is 0 Å². The molecule has 0 aliphatic heterocycles. The Morgan fingerprint density at radius 1 is 1.47 bits per heavy atom. The van der Waals surface area contributed by atoms with Crippen molar-refractivity contribution in [3.8, 4) is 11.4 Å². The highest BCUT2D eigenvalue weighted by molar-refractivity contribution is 9.10. The Balaban J connectivity index is 2.54. The summed E-state index contributed by atoms with van der Waals surface area (Å²) in [5.41, 5.74) is 1.56. The molecular weight excluding hydrogens is 256 g/mol. The van der Waals surface area contributed by atoms with Crippen LogP contribution in [0.25, 0.3) is 11.4 Å². The summed E-state index contributed by atoms with van der Waals surface area (Å²) in [6, 6.07) is 7.82. The first kappa shape index (κ1) is 10.1. The van der Waals surface area contributed by atoms with Crippen molar-refractivity contribution >= 4 is 22.2 Å². The van der Waals surface area contributed by atoms with Crippen LogP contribution in [0.3, 0.4) is 0 Å². The van der Waals surface area contributed by atoms with Gasteiger partial charge in [-0.15, -0.1) is 0 Å². The van der Waals surface area contributed by atoms with E-state index < -0.39 is 0 Å². The summed E-state index contributed by atoms with van der Waals surface area (Å²) >= 11 is 3.40. The summed E-state index contributed by atoms with van der Waals surface area (Å²) < 4.78 is 2.77. The second-order valence-electron chi connectivity index (χ2n) is 3.19. The summed E-state index contributed by atoms with van der Waals surface area (Å²) in [7, 11) is 1.83. The molecule has 0 fully saturated rings. The maximum atomic E-state index is 10.7. The highest BCUT2D eigenvalue weighted by atomic mass is 79.9. The Labute approximate surface area is 95.9 Å². The molecular formula is C11H9BrN2O. The van der Waals surface area contributed by atoms with Crippen LogP contribution in [0.4, 0.5) is 0 Å². The lowest BCUT2D eigenvalue weighted by atomic mass is 10.2. The fourth-order valence-electron chi connectivity index (χ4n) is 1.43. The van der Waals surface area contributed by atoms with E-state index in [-0.39, 0.29) is 0 Å². The van der Waals surface area contributed by atoms with Gasteiger partial charge in [-0.05, 0) is 12.1 Å². The van der Waals surface area contributed by atoms with E-state index in [1.54, 1.807) is 10.8 Å². The maximum absolute atomic E-state index is 10.7. The number of hydrogen-bond donors (Lipinski definition) is 0. The van der Waals surface area contributed by atoms with Gasteiger partial charge in [0.05, 0.1) is 6.20 Å². The predicted octanol–water partition coefficient (Wildman–Crippen LogP) is 2.66. The largest absolute Gasteiger partial charge is 0.325 e. The fourth-order valence-corrected chi connectivity index (χ4v) is 1.83. The molecule has 0 radical (unpaired) electrons. The first-order valence-electron chi connectivity index (χ1n) is 4.45. The lowest BCUT2D eigenvalue weighted by Gasteiger charge is -2.02. The van der Waals surface area contributed by atoms with Crippen LogP contribution in [0, 0.1) is 0 Å². The molecule has 2 rings (SSSR count). The average molecular weight is 265 g/mol. The number of carbonyl (C=O) groups is 1. The number of imidazole rings is 1. The molecule has 0 amide bonds. The lowest BCUT2D eigenvalue weighted by Crippen LogP contribution is -1.97. The molecule has 15 heavy (non-hydrogen) atoms. The molecule has 0 aliphatic carbocycles. The molecule has 3 nitrogen and oxygen atoms in total. The van der Waals surface area contributed by atoms with Crippen LogP contribution in [0.2, 0.25) is 0 Å². The maximum Gasteiger partial charge on any atom is 0.168 e. The SMILES string of the molecule is Cn1c(C=O)cnc1-c1cccc(Br)c1. The molecule has 1 aromatic heterocycles. The normalized spacial score (nSPS) is 10.3. The molecule has 0 atom stereocenters. The third kappa shape index (κ3) is 1.85. The van der Waals surface area contributed by atoms with Gasteiger partial charge in [0, 0.05) is 17.1 Å². The summed E-state index contributed by atoms with van der Waals surface area (Å²) in [5.74, 6) is 0.790. The monoisotopic (exact) mass is 264 g/mol. The summed E-state index contributed by atoms with van der Waals surface area (Å²) in [5, 5.41) is 0. The first-order valence-corrected chi connectivity index (χ1v) is 5.24. The summed E-state index contributed by atoms with van der Waals surface area (Å²) in [6.45, 7) is 0. The van der Waals surface area contributed by atoms with E-state index in [1.807, 2.05) is 31.3 Å². The number of hydrogen-bond acceptors (Lipinski definition) is 2. The van der Waals surface area contributed by atoms with E-state index in [0.29, 0.717) is 5.69 Å². The first-order chi connectivity index (χ1) is 7.22. The number of aldehydes is 1. The van der Waals surface area contributed by atoms with Gasteiger partial charge < -0.3 is 4.57 Å². The van der Waals surface area contributed by atoms with Crippen LogP contribution in [-0.2, 0) is 7.05 Å². The zero-order valence-corrected chi connectivity index (χ0v) is 9.73. The van der Waals surface area contributed by atoms with Gasteiger partial charge in [-0.3, -0.25) is 4.79 Å². The number of rotatable bonds is 2. The number of aromatic nitrogens is 2. The van der Waals surface area contributed by atoms with Gasteiger partial charge in [0.2, 0.25) is 0 Å². The smallest absolute Gasteiger partial charge is 0.168 e. The molecule has 0 N–H and O–H groups in total. The van der Waals surface area contributed by atoms with Crippen LogP contribution in [0.1, 0.15) is 10.5 Å². The van der Waals surface area contributed by atoms with Crippen molar-refractivity contribution in [2.45, 2.75) is 0 Å². The molecule has 0 unspecified atom stereocenters. The number of benzene rings is 1. The molecule has 0 spiro atoms. The Kier molecular flexibility index (Phi) is 2.68. The molecule has 0 saturated carbocycles. The van der Waals surface area contributed by atoms with Crippen LogP contribution in [0.5, 0.6) is 0 Å². The zero-order chi connectivity index (χ0) is 10.8. The number of halogens is 1.